The molecule has 2 aromatic rings. The van der Waals surface area contributed by atoms with Gasteiger partial charge in [0.25, 0.3) is 11.8 Å². The van der Waals surface area contributed by atoms with Crippen molar-refractivity contribution in [3.63, 3.8) is 0 Å². The van der Waals surface area contributed by atoms with Gasteiger partial charge in [0.05, 0.1) is 15.9 Å². The van der Waals surface area contributed by atoms with Crippen LogP contribution in [-0.2, 0) is 4.79 Å². The zero-order chi connectivity index (χ0) is 19.4. The zero-order valence-electron chi connectivity index (χ0n) is 13.8. The minimum Gasteiger partial charge on any atom is -0.484 e. The monoisotopic (exact) mass is 405 g/mol. The van der Waals surface area contributed by atoms with Gasteiger partial charge < -0.3 is 15.4 Å². The first-order valence-corrected chi connectivity index (χ1v) is 9.03. The van der Waals surface area contributed by atoms with E-state index in [1.807, 2.05) is 6.07 Å². The van der Waals surface area contributed by atoms with Gasteiger partial charge in [-0.1, -0.05) is 11.6 Å². The summed E-state index contributed by atoms with van der Waals surface area (Å²) in [5, 5.41) is 14.2. The minimum atomic E-state index is -0.623. The maximum atomic E-state index is 13.3. The van der Waals surface area contributed by atoms with Gasteiger partial charge in [-0.15, -0.1) is 11.3 Å². The van der Waals surface area contributed by atoms with E-state index in [1.165, 1.54) is 12.1 Å². The third kappa shape index (κ3) is 4.84. The smallest absolute Gasteiger partial charge is 0.262 e. The first-order valence-electron chi connectivity index (χ1n) is 7.84. The van der Waals surface area contributed by atoms with Crippen LogP contribution in [0, 0.1) is 17.1 Å². The topological polar surface area (TPSA) is 91.2 Å². The van der Waals surface area contributed by atoms with Crippen LogP contribution < -0.4 is 15.4 Å². The summed E-state index contributed by atoms with van der Waals surface area (Å²) in [6.45, 7) is -0.276. The van der Waals surface area contributed by atoms with Crippen molar-refractivity contribution >= 4 is 34.8 Å². The zero-order valence-corrected chi connectivity index (χ0v) is 15.4. The molecule has 0 saturated heterocycles. The molecule has 0 saturated carbocycles. The summed E-state index contributed by atoms with van der Waals surface area (Å²) in [5.74, 6) is -1.07. The van der Waals surface area contributed by atoms with E-state index < -0.39 is 11.7 Å². The molecule has 0 fully saturated rings. The van der Waals surface area contributed by atoms with Gasteiger partial charge in [-0.2, -0.15) is 5.26 Å². The summed E-state index contributed by atoms with van der Waals surface area (Å²) in [6.07, 6.45) is 2.19. The van der Waals surface area contributed by atoms with Crippen LogP contribution in [0.3, 0.4) is 0 Å². The first kappa shape index (κ1) is 18.9. The number of ether oxygens (including phenoxy) is 1. The van der Waals surface area contributed by atoms with Crippen LogP contribution in [0.25, 0.3) is 0 Å². The number of thiophene rings is 1. The second-order valence-corrected chi connectivity index (χ2v) is 7.16. The fourth-order valence-corrected chi connectivity index (χ4v) is 3.15. The van der Waals surface area contributed by atoms with Crippen molar-refractivity contribution in [3.05, 3.63) is 62.7 Å². The number of rotatable bonds is 6. The molecule has 0 aliphatic heterocycles. The number of amides is 2. The fraction of sp³-hybridized carbons (Fsp3) is 0.167. The molecular formula is C18H13ClFN3O3S. The van der Waals surface area contributed by atoms with Gasteiger partial charge in [-0.05, 0) is 30.3 Å². The number of nitriles is 1. The maximum absolute atomic E-state index is 13.3. The van der Waals surface area contributed by atoms with E-state index in [0.717, 1.165) is 17.4 Å². The molecule has 9 heteroatoms. The summed E-state index contributed by atoms with van der Waals surface area (Å²) in [6, 6.07) is 8.90. The molecule has 138 valence electrons. The number of hydrogen-bond donors (Lipinski definition) is 2. The summed E-state index contributed by atoms with van der Waals surface area (Å²) in [5.41, 5.74) is 0.667. The van der Waals surface area contributed by atoms with E-state index in [9.17, 15) is 14.0 Å². The van der Waals surface area contributed by atoms with Crippen LogP contribution in [-0.4, -0.2) is 24.5 Å². The standard InChI is InChI=1S/C18H13ClFN3O3S/c19-14-3-1-12(7-15(14)20)26-9-17(24)22-10-5-11(6-10)23-18(25)16-4-2-13(8-21)27-16/h1-5,7,11H,6,9H2,(H,22,24)(H,23,25). The Hall–Kier alpha value is -2.89. The number of carbonyl (C=O) groups excluding carboxylic acids is 2. The lowest BCUT2D eigenvalue weighted by Crippen LogP contribution is -2.42. The molecule has 27 heavy (non-hydrogen) atoms. The molecule has 6 nitrogen and oxygen atoms in total. The second-order valence-electron chi connectivity index (χ2n) is 5.66. The number of halogens is 2. The summed E-state index contributed by atoms with van der Waals surface area (Å²) >= 11 is 6.70. The fourth-order valence-electron chi connectivity index (χ4n) is 2.32. The second kappa shape index (κ2) is 8.20. The average Bonchev–Trinajstić information content (AvgIpc) is 3.10. The van der Waals surface area contributed by atoms with Crippen LogP contribution in [0.4, 0.5) is 4.39 Å². The molecule has 1 aromatic heterocycles. The lowest BCUT2D eigenvalue weighted by atomic mass is 9.99. The van der Waals surface area contributed by atoms with Gasteiger partial charge in [0, 0.05) is 18.2 Å². The Balaban J connectivity index is 1.43. The van der Waals surface area contributed by atoms with E-state index in [-0.39, 0.29) is 29.3 Å². The lowest BCUT2D eigenvalue weighted by molar-refractivity contribution is -0.122. The molecule has 2 amide bonds. The van der Waals surface area contributed by atoms with Crippen LogP contribution in [0.5, 0.6) is 5.75 Å². The Bertz CT molecular complexity index is 967. The van der Waals surface area contributed by atoms with Gasteiger partial charge in [0.1, 0.15) is 22.5 Å². The third-order valence-electron chi connectivity index (χ3n) is 3.66. The molecule has 1 aliphatic carbocycles. The van der Waals surface area contributed by atoms with Crippen LogP contribution in [0.2, 0.25) is 5.02 Å². The molecule has 0 bridgehead atoms. The molecule has 1 atom stereocenters. The van der Waals surface area contributed by atoms with E-state index in [0.29, 0.717) is 21.9 Å². The molecule has 0 spiro atoms. The lowest BCUT2D eigenvalue weighted by Gasteiger charge is -2.26. The van der Waals surface area contributed by atoms with Crippen molar-refractivity contribution in [1.82, 2.24) is 10.6 Å². The Kier molecular flexibility index (Phi) is 5.74. The van der Waals surface area contributed by atoms with Gasteiger partial charge in [0.2, 0.25) is 0 Å². The van der Waals surface area contributed by atoms with Gasteiger partial charge in [-0.3, -0.25) is 9.59 Å². The molecule has 0 radical (unpaired) electrons. The van der Waals surface area contributed by atoms with Crippen LogP contribution in [0.1, 0.15) is 21.0 Å². The average molecular weight is 406 g/mol. The van der Waals surface area contributed by atoms with Crippen LogP contribution >= 0.6 is 22.9 Å². The van der Waals surface area contributed by atoms with Crippen molar-refractivity contribution in [2.45, 2.75) is 12.5 Å². The molecular weight excluding hydrogens is 393 g/mol. The van der Waals surface area contributed by atoms with E-state index in [4.69, 9.17) is 21.6 Å². The molecule has 1 aromatic carbocycles. The minimum absolute atomic E-state index is 0.0223. The van der Waals surface area contributed by atoms with E-state index >= 15 is 0 Å². The highest BCUT2D eigenvalue weighted by Gasteiger charge is 2.23. The number of nitrogens with one attached hydrogen (secondary N) is 2. The van der Waals surface area contributed by atoms with Gasteiger partial charge in [-0.25, -0.2) is 4.39 Å². The van der Waals surface area contributed by atoms with Crippen molar-refractivity contribution < 1.29 is 18.7 Å². The summed E-state index contributed by atoms with van der Waals surface area (Å²) in [7, 11) is 0. The third-order valence-corrected chi connectivity index (χ3v) is 4.95. The Labute approximate surface area is 163 Å². The highest BCUT2D eigenvalue weighted by Crippen LogP contribution is 2.21. The van der Waals surface area contributed by atoms with Gasteiger partial charge >= 0.3 is 0 Å². The highest BCUT2D eigenvalue weighted by molar-refractivity contribution is 7.14. The first-order chi connectivity index (χ1) is 12.9. The van der Waals surface area contributed by atoms with Crippen molar-refractivity contribution in [2.24, 2.45) is 0 Å². The Morgan fingerprint density at radius 1 is 1.37 bits per heavy atom. The number of hydrogen-bond acceptors (Lipinski definition) is 5. The maximum Gasteiger partial charge on any atom is 0.262 e. The number of nitrogens with zero attached hydrogens (tertiary/aromatic N) is 1. The van der Waals surface area contributed by atoms with Crippen molar-refractivity contribution in [2.75, 3.05) is 6.61 Å². The Morgan fingerprint density at radius 2 is 2.15 bits per heavy atom. The summed E-state index contributed by atoms with van der Waals surface area (Å²) in [4.78, 5) is 24.8. The van der Waals surface area contributed by atoms with Gasteiger partial charge in [0.15, 0.2) is 6.61 Å². The number of carbonyl (C=O) groups is 2. The predicted molar refractivity (Wildman–Crippen MR) is 98.0 cm³/mol. The largest absolute Gasteiger partial charge is 0.484 e. The molecule has 1 heterocycles. The highest BCUT2D eigenvalue weighted by atomic mass is 35.5. The predicted octanol–water partition coefficient (Wildman–Crippen LogP) is 2.99. The quantitative estimate of drug-likeness (QED) is 0.772. The molecule has 1 unspecified atom stereocenters. The van der Waals surface area contributed by atoms with Crippen molar-refractivity contribution in [1.29, 1.82) is 5.26 Å². The molecule has 1 aliphatic rings. The van der Waals surface area contributed by atoms with E-state index in [2.05, 4.69) is 10.6 Å². The molecule has 3 rings (SSSR count). The normalized spacial score (nSPS) is 15.1. The molecule has 2 N–H and O–H groups in total. The summed E-state index contributed by atoms with van der Waals surface area (Å²) < 4.78 is 18.5. The van der Waals surface area contributed by atoms with Crippen LogP contribution in [0.15, 0.2) is 42.1 Å². The van der Waals surface area contributed by atoms with E-state index in [1.54, 1.807) is 18.2 Å². The Morgan fingerprint density at radius 3 is 2.81 bits per heavy atom. The number of benzene rings is 1. The van der Waals surface area contributed by atoms with Crippen molar-refractivity contribution in [3.8, 4) is 11.8 Å². The SMILES string of the molecule is N#Cc1ccc(C(=O)NC2C=C(NC(=O)COc3ccc(Cl)c(F)c3)C2)s1.